The molecule has 2 aromatic rings. The lowest BCUT2D eigenvalue weighted by atomic mass is 10.1. The molecule has 0 aliphatic carbocycles. The lowest BCUT2D eigenvalue weighted by molar-refractivity contribution is 0.102. The molecule has 0 bridgehead atoms. The van der Waals surface area contributed by atoms with Crippen LogP contribution in [0.25, 0.3) is 0 Å². The van der Waals surface area contributed by atoms with Gasteiger partial charge in [0.05, 0.1) is 6.61 Å². The topological polar surface area (TPSA) is 79.9 Å². The monoisotopic (exact) mass is 264 g/mol. The number of hydrogen-bond donors (Lipinski definition) is 2. The molecule has 1 amide bonds. The summed E-state index contributed by atoms with van der Waals surface area (Å²) in [5, 5.41) is 8.71. The molecule has 0 saturated carbocycles. The summed E-state index contributed by atoms with van der Waals surface area (Å²) in [6.45, 7) is 3.85. The second-order valence-electron chi connectivity index (χ2n) is 3.82. The summed E-state index contributed by atoms with van der Waals surface area (Å²) in [4.78, 5) is 15.7. The third-order valence-electron chi connectivity index (χ3n) is 2.40. The highest BCUT2D eigenvalue weighted by Crippen LogP contribution is 2.11. The number of aryl methyl sites for hydroxylation is 1. The average molecular weight is 264 g/mol. The summed E-state index contributed by atoms with van der Waals surface area (Å²) < 4.78 is 18.4. The Balaban J connectivity index is 2.09. The minimum atomic E-state index is -0.474. The number of H-pyrrole nitrogens is 1. The highest BCUT2D eigenvalue weighted by Gasteiger charge is 2.11. The van der Waals surface area contributed by atoms with Crippen molar-refractivity contribution >= 4 is 11.9 Å². The van der Waals surface area contributed by atoms with Crippen molar-refractivity contribution in [3.63, 3.8) is 0 Å². The van der Waals surface area contributed by atoms with Gasteiger partial charge < -0.3 is 4.74 Å². The minimum absolute atomic E-state index is 0.146. The van der Waals surface area contributed by atoms with Gasteiger partial charge in [0.2, 0.25) is 5.95 Å². The quantitative estimate of drug-likeness (QED) is 0.883. The molecule has 0 aliphatic rings. The molecule has 0 radical (unpaired) electrons. The highest BCUT2D eigenvalue weighted by molar-refractivity contribution is 6.03. The normalized spacial score (nSPS) is 10.3. The largest absolute Gasteiger partial charge is 0.463 e. The Morgan fingerprint density at radius 3 is 3.00 bits per heavy atom. The molecule has 0 atom stereocenters. The van der Waals surface area contributed by atoms with Crippen LogP contribution in [0.5, 0.6) is 6.01 Å². The second kappa shape index (κ2) is 5.47. The molecule has 19 heavy (non-hydrogen) atoms. The second-order valence-corrected chi connectivity index (χ2v) is 3.82. The SMILES string of the molecule is CCOc1n[nH]c(NC(=O)c2ccc(C)c(F)c2)n1. The molecule has 1 heterocycles. The van der Waals surface area contributed by atoms with E-state index in [-0.39, 0.29) is 17.5 Å². The summed E-state index contributed by atoms with van der Waals surface area (Å²) in [7, 11) is 0. The molecule has 7 heteroatoms. The van der Waals surface area contributed by atoms with Crippen molar-refractivity contribution in [2.45, 2.75) is 13.8 Å². The van der Waals surface area contributed by atoms with Gasteiger partial charge in [-0.3, -0.25) is 10.1 Å². The van der Waals surface area contributed by atoms with Crippen molar-refractivity contribution in [2.75, 3.05) is 11.9 Å². The lowest BCUT2D eigenvalue weighted by Gasteiger charge is -2.02. The van der Waals surface area contributed by atoms with Crippen LogP contribution in [-0.2, 0) is 0 Å². The molecule has 0 fully saturated rings. The van der Waals surface area contributed by atoms with Gasteiger partial charge >= 0.3 is 6.01 Å². The number of aromatic nitrogens is 3. The van der Waals surface area contributed by atoms with Gasteiger partial charge in [-0.25, -0.2) is 9.49 Å². The third-order valence-corrected chi connectivity index (χ3v) is 2.40. The highest BCUT2D eigenvalue weighted by atomic mass is 19.1. The number of benzene rings is 1. The zero-order valence-corrected chi connectivity index (χ0v) is 10.5. The summed E-state index contributed by atoms with van der Waals surface area (Å²) in [6, 6.07) is 4.39. The number of ether oxygens (including phenoxy) is 1. The molecular weight excluding hydrogens is 251 g/mol. The fourth-order valence-corrected chi connectivity index (χ4v) is 1.41. The van der Waals surface area contributed by atoms with Crippen LogP contribution < -0.4 is 10.1 Å². The van der Waals surface area contributed by atoms with Crippen LogP contribution in [0.2, 0.25) is 0 Å². The third kappa shape index (κ3) is 3.06. The van der Waals surface area contributed by atoms with Gasteiger partial charge in [0.15, 0.2) is 0 Å². The zero-order valence-electron chi connectivity index (χ0n) is 10.5. The maximum absolute atomic E-state index is 13.3. The molecular formula is C12H13FN4O2. The maximum Gasteiger partial charge on any atom is 0.337 e. The number of rotatable bonds is 4. The summed E-state index contributed by atoms with van der Waals surface area (Å²) in [6.07, 6.45) is 0. The van der Waals surface area contributed by atoms with E-state index in [9.17, 15) is 9.18 Å². The van der Waals surface area contributed by atoms with E-state index < -0.39 is 11.7 Å². The predicted molar refractivity (Wildman–Crippen MR) is 66.6 cm³/mol. The summed E-state index contributed by atoms with van der Waals surface area (Å²) in [5.41, 5.74) is 0.687. The van der Waals surface area contributed by atoms with Gasteiger partial charge in [-0.2, -0.15) is 4.98 Å². The molecule has 0 unspecified atom stereocenters. The number of anilines is 1. The number of aromatic amines is 1. The molecule has 100 valence electrons. The van der Waals surface area contributed by atoms with E-state index >= 15 is 0 Å². The van der Waals surface area contributed by atoms with Gasteiger partial charge in [-0.15, -0.1) is 5.10 Å². The first-order valence-corrected chi connectivity index (χ1v) is 5.73. The maximum atomic E-state index is 13.3. The Hall–Kier alpha value is -2.44. The van der Waals surface area contributed by atoms with Crippen LogP contribution in [0, 0.1) is 12.7 Å². The molecule has 2 rings (SSSR count). The Labute approximate surface area is 109 Å². The molecule has 1 aromatic heterocycles. The fourth-order valence-electron chi connectivity index (χ4n) is 1.41. The van der Waals surface area contributed by atoms with Crippen molar-refractivity contribution in [2.24, 2.45) is 0 Å². The van der Waals surface area contributed by atoms with Crippen molar-refractivity contribution in [1.29, 1.82) is 0 Å². The Kier molecular flexibility index (Phi) is 3.74. The van der Waals surface area contributed by atoms with Gasteiger partial charge in [-0.05, 0) is 31.5 Å². The lowest BCUT2D eigenvalue weighted by Crippen LogP contribution is -2.13. The predicted octanol–water partition coefficient (Wildman–Crippen LogP) is 1.90. The molecule has 0 saturated heterocycles. The van der Waals surface area contributed by atoms with E-state index in [1.807, 2.05) is 0 Å². The zero-order chi connectivity index (χ0) is 13.8. The molecule has 0 aliphatic heterocycles. The van der Waals surface area contributed by atoms with Crippen LogP contribution in [0.1, 0.15) is 22.8 Å². The van der Waals surface area contributed by atoms with Crippen LogP contribution in [0.15, 0.2) is 18.2 Å². The van der Waals surface area contributed by atoms with Crippen molar-refractivity contribution in [1.82, 2.24) is 15.2 Å². The van der Waals surface area contributed by atoms with Gasteiger partial charge in [-0.1, -0.05) is 6.07 Å². The van der Waals surface area contributed by atoms with Gasteiger partial charge in [0.25, 0.3) is 5.91 Å². The van der Waals surface area contributed by atoms with Crippen molar-refractivity contribution in [3.05, 3.63) is 35.1 Å². The average Bonchev–Trinajstić information content (AvgIpc) is 2.80. The summed E-state index contributed by atoms with van der Waals surface area (Å²) in [5.74, 6) is -0.757. The number of hydrogen-bond acceptors (Lipinski definition) is 4. The van der Waals surface area contributed by atoms with E-state index in [0.717, 1.165) is 0 Å². The molecule has 0 spiro atoms. The fraction of sp³-hybridized carbons (Fsp3) is 0.250. The number of carbonyl (C=O) groups excluding carboxylic acids is 1. The Morgan fingerprint density at radius 2 is 2.32 bits per heavy atom. The van der Waals surface area contributed by atoms with Gasteiger partial charge in [0, 0.05) is 5.56 Å². The van der Waals surface area contributed by atoms with E-state index in [1.165, 1.54) is 18.2 Å². The first-order chi connectivity index (χ1) is 9.10. The minimum Gasteiger partial charge on any atom is -0.463 e. The van der Waals surface area contributed by atoms with E-state index in [0.29, 0.717) is 12.2 Å². The number of amides is 1. The van der Waals surface area contributed by atoms with E-state index in [4.69, 9.17) is 4.74 Å². The Bertz CT molecular complexity index is 597. The molecule has 6 nitrogen and oxygen atoms in total. The Morgan fingerprint density at radius 1 is 1.53 bits per heavy atom. The number of carbonyl (C=O) groups is 1. The van der Waals surface area contributed by atoms with Crippen molar-refractivity contribution < 1.29 is 13.9 Å². The number of nitrogens with zero attached hydrogens (tertiary/aromatic N) is 2. The first kappa shape index (κ1) is 13.0. The smallest absolute Gasteiger partial charge is 0.337 e. The van der Waals surface area contributed by atoms with Gasteiger partial charge in [0.1, 0.15) is 5.82 Å². The van der Waals surface area contributed by atoms with E-state index in [1.54, 1.807) is 13.8 Å². The van der Waals surface area contributed by atoms with Crippen LogP contribution in [-0.4, -0.2) is 27.7 Å². The van der Waals surface area contributed by atoms with Crippen LogP contribution >= 0.6 is 0 Å². The van der Waals surface area contributed by atoms with Crippen molar-refractivity contribution in [3.8, 4) is 6.01 Å². The first-order valence-electron chi connectivity index (χ1n) is 5.73. The summed E-state index contributed by atoms with van der Waals surface area (Å²) >= 11 is 0. The van der Waals surface area contributed by atoms with E-state index in [2.05, 4.69) is 20.5 Å². The van der Waals surface area contributed by atoms with Crippen LogP contribution in [0.3, 0.4) is 0 Å². The number of halogens is 1. The number of nitrogens with one attached hydrogen (secondary N) is 2. The molecule has 2 N–H and O–H groups in total. The standard InChI is InChI=1S/C12H13FN4O2/c1-3-19-12-15-11(16-17-12)14-10(18)8-5-4-7(2)9(13)6-8/h4-6H,3H2,1-2H3,(H2,14,15,16,17,18). The van der Waals surface area contributed by atoms with Crippen LogP contribution in [0.4, 0.5) is 10.3 Å². The molecule has 1 aromatic carbocycles.